The van der Waals surface area contributed by atoms with Gasteiger partial charge in [-0.25, -0.2) is 0 Å². The summed E-state index contributed by atoms with van der Waals surface area (Å²) in [5, 5.41) is 2.95. The molecule has 0 atom stereocenters. The number of hydrogen-bond acceptors (Lipinski definition) is 3. The third-order valence-corrected chi connectivity index (χ3v) is 4.51. The topological polar surface area (TPSA) is 41.6 Å². The Labute approximate surface area is 120 Å². The highest BCUT2D eigenvalue weighted by molar-refractivity contribution is 5.93. The maximum absolute atomic E-state index is 11.8. The number of amides is 1. The van der Waals surface area contributed by atoms with Crippen LogP contribution in [0.15, 0.2) is 24.3 Å². The third-order valence-electron chi connectivity index (χ3n) is 4.51. The summed E-state index contributed by atoms with van der Waals surface area (Å²) in [6, 6.07) is 8.61. The van der Waals surface area contributed by atoms with Gasteiger partial charge in [0.2, 0.25) is 5.91 Å². The molecule has 2 aliphatic rings. The Morgan fingerprint density at radius 1 is 1.25 bits per heavy atom. The fraction of sp³-hybridized carbons (Fsp3) is 0.562. The molecule has 2 heterocycles. The summed E-state index contributed by atoms with van der Waals surface area (Å²) in [4.78, 5) is 14.3. The van der Waals surface area contributed by atoms with Gasteiger partial charge in [-0.05, 0) is 32.8 Å². The van der Waals surface area contributed by atoms with Crippen LogP contribution < -0.4 is 5.32 Å². The van der Waals surface area contributed by atoms with Crippen LogP contribution in [0.25, 0.3) is 0 Å². The van der Waals surface area contributed by atoms with Crippen LogP contribution >= 0.6 is 0 Å². The second kappa shape index (κ2) is 5.19. The van der Waals surface area contributed by atoms with Crippen LogP contribution in [-0.4, -0.2) is 36.5 Å². The van der Waals surface area contributed by atoms with Gasteiger partial charge in [-0.15, -0.1) is 0 Å². The molecule has 0 aliphatic carbocycles. The van der Waals surface area contributed by atoms with E-state index in [0.29, 0.717) is 6.04 Å². The average Bonchev–Trinajstić information content (AvgIpc) is 2.58. The van der Waals surface area contributed by atoms with Crippen molar-refractivity contribution in [2.75, 3.05) is 25.0 Å². The predicted octanol–water partition coefficient (Wildman–Crippen LogP) is 2.35. The zero-order valence-electron chi connectivity index (χ0n) is 12.2. The first-order valence-corrected chi connectivity index (χ1v) is 7.38. The number of nitrogens with one attached hydrogen (secondary N) is 1. The van der Waals surface area contributed by atoms with Gasteiger partial charge in [0.1, 0.15) is 6.61 Å². The first-order chi connectivity index (χ1) is 9.61. The SMILES string of the molecule is CC(C)N1CCC2(CC1)OCC(=O)Nc1ccccc12. The van der Waals surface area contributed by atoms with Gasteiger partial charge in [-0.3, -0.25) is 4.79 Å². The summed E-state index contributed by atoms with van der Waals surface area (Å²) in [5.74, 6) is -0.0550. The number of anilines is 1. The van der Waals surface area contributed by atoms with E-state index in [1.54, 1.807) is 0 Å². The van der Waals surface area contributed by atoms with Crippen LogP contribution in [0.2, 0.25) is 0 Å². The van der Waals surface area contributed by atoms with E-state index >= 15 is 0 Å². The first-order valence-electron chi connectivity index (χ1n) is 7.38. The van der Waals surface area contributed by atoms with E-state index in [2.05, 4.69) is 30.1 Å². The quantitative estimate of drug-likeness (QED) is 0.854. The summed E-state index contributed by atoms with van der Waals surface area (Å²) in [5.41, 5.74) is 1.74. The van der Waals surface area contributed by atoms with Gasteiger partial charge in [-0.1, -0.05) is 18.2 Å². The third kappa shape index (κ3) is 2.34. The van der Waals surface area contributed by atoms with Crippen LogP contribution in [0.1, 0.15) is 32.3 Å². The minimum atomic E-state index is -0.304. The Morgan fingerprint density at radius 2 is 1.95 bits per heavy atom. The fourth-order valence-corrected chi connectivity index (χ4v) is 3.27. The van der Waals surface area contributed by atoms with Crippen molar-refractivity contribution in [3.05, 3.63) is 29.8 Å². The lowest BCUT2D eigenvalue weighted by Crippen LogP contribution is -2.46. The van der Waals surface area contributed by atoms with E-state index in [9.17, 15) is 4.79 Å². The van der Waals surface area contributed by atoms with Gasteiger partial charge in [0, 0.05) is 30.4 Å². The summed E-state index contributed by atoms with van der Waals surface area (Å²) in [6.45, 7) is 6.63. The molecule has 0 aromatic heterocycles. The lowest BCUT2D eigenvalue weighted by atomic mass is 9.83. The Kier molecular flexibility index (Phi) is 3.52. The van der Waals surface area contributed by atoms with Crippen molar-refractivity contribution in [2.24, 2.45) is 0 Å². The second-order valence-electron chi connectivity index (χ2n) is 6.01. The Balaban J connectivity index is 1.92. The molecule has 3 rings (SSSR count). The minimum absolute atomic E-state index is 0.0550. The summed E-state index contributed by atoms with van der Waals surface area (Å²) < 4.78 is 6.06. The summed E-state index contributed by atoms with van der Waals surface area (Å²) >= 11 is 0. The van der Waals surface area contributed by atoms with Crippen molar-refractivity contribution in [1.29, 1.82) is 0 Å². The van der Waals surface area contributed by atoms with E-state index in [4.69, 9.17) is 4.74 Å². The van der Waals surface area contributed by atoms with E-state index < -0.39 is 0 Å². The lowest BCUT2D eigenvalue weighted by molar-refractivity contribution is -0.133. The van der Waals surface area contributed by atoms with Crippen LogP contribution in [0.4, 0.5) is 5.69 Å². The molecule has 1 amide bonds. The molecular weight excluding hydrogens is 252 g/mol. The number of carbonyl (C=O) groups excluding carboxylic acids is 1. The molecule has 4 heteroatoms. The highest BCUT2D eigenvalue weighted by Crippen LogP contribution is 2.41. The van der Waals surface area contributed by atoms with Crippen LogP contribution in [0.3, 0.4) is 0 Å². The summed E-state index contributed by atoms with van der Waals surface area (Å²) in [6.07, 6.45) is 1.88. The Hall–Kier alpha value is -1.39. The zero-order chi connectivity index (χ0) is 14.2. The normalized spacial score (nSPS) is 22.4. The molecule has 1 saturated heterocycles. The molecule has 1 fully saturated rings. The van der Waals surface area contributed by atoms with E-state index in [0.717, 1.165) is 37.2 Å². The van der Waals surface area contributed by atoms with Gasteiger partial charge < -0.3 is 15.0 Å². The van der Waals surface area contributed by atoms with E-state index in [1.807, 2.05) is 18.2 Å². The molecule has 1 spiro atoms. The smallest absolute Gasteiger partial charge is 0.250 e. The highest BCUT2D eigenvalue weighted by Gasteiger charge is 2.41. The van der Waals surface area contributed by atoms with E-state index in [-0.39, 0.29) is 18.1 Å². The molecule has 20 heavy (non-hydrogen) atoms. The number of ether oxygens (including phenoxy) is 1. The summed E-state index contributed by atoms with van der Waals surface area (Å²) in [7, 11) is 0. The Bertz CT molecular complexity index is 505. The van der Waals surface area contributed by atoms with Gasteiger partial charge >= 0.3 is 0 Å². The lowest BCUT2D eigenvalue weighted by Gasteiger charge is -2.43. The minimum Gasteiger partial charge on any atom is -0.360 e. The van der Waals surface area contributed by atoms with Crippen LogP contribution in [0.5, 0.6) is 0 Å². The fourth-order valence-electron chi connectivity index (χ4n) is 3.27. The highest BCUT2D eigenvalue weighted by atomic mass is 16.5. The van der Waals surface area contributed by atoms with E-state index in [1.165, 1.54) is 0 Å². The van der Waals surface area contributed by atoms with Gasteiger partial charge in [0.25, 0.3) is 0 Å². The second-order valence-corrected chi connectivity index (χ2v) is 6.01. The van der Waals surface area contributed by atoms with Gasteiger partial charge in [-0.2, -0.15) is 0 Å². The molecule has 0 radical (unpaired) electrons. The largest absolute Gasteiger partial charge is 0.360 e. The van der Waals surface area contributed by atoms with Crippen molar-refractivity contribution < 1.29 is 9.53 Å². The van der Waals surface area contributed by atoms with Crippen molar-refractivity contribution in [3.63, 3.8) is 0 Å². The number of rotatable bonds is 1. The molecule has 108 valence electrons. The van der Waals surface area contributed by atoms with Crippen LogP contribution in [0, 0.1) is 0 Å². The van der Waals surface area contributed by atoms with Gasteiger partial charge in [0.05, 0.1) is 5.60 Å². The van der Waals surface area contributed by atoms with Crippen LogP contribution in [-0.2, 0) is 15.1 Å². The number of likely N-dealkylation sites (tertiary alicyclic amines) is 1. The first kappa shape index (κ1) is 13.6. The molecule has 1 aromatic rings. The number of carbonyl (C=O) groups is 1. The maximum Gasteiger partial charge on any atom is 0.250 e. The number of fused-ring (bicyclic) bond motifs is 2. The molecule has 4 nitrogen and oxygen atoms in total. The predicted molar refractivity (Wildman–Crippen MR) is 78.6 cm³/mol. The molecule has 1 aromatic carbocycles. The van der Waals surface area contributed by atoms with Crippen molar-refractivity contribution in [2.45, 2.75) is 38.3 Å². The zero-order valence-corrected chi connectivity index (χ0v) is 12.2. The Morgan fingerprint density at radius 3 is 2.65 bits per heavy atom. The van der Waals surface area contributed by atoms with Crippen molar-refractivity contribution in [3.8, 4) is 0 Å². The standard InChI is InChI=1S/C16H22N2O2/c1-12(2)18-9-7-16(8-10-18)13-5-3-4-6-14(13)17-15(19)11-20-16/h3-6,12H,7-11H2,1-2H3,(H,17,19). The molecule has 0 saturated carbocycles. The number of para-hydroxylation sites is 1. The molecular formula is C16H22N2O2. The maximum atomic E-state index is 11.8. The van der Waals surface area contributed by atoms with Gasteiger partial charge in [0.15, 0.2) is 0 Å². The molecule has 1 N–H and O–H groups in total. The number of hydrogen-bond donors (Lipinski definition) is 1. The molecule has 2 aliphatic heterocycles. The molecule has 0 bridgehead atoms. The average molecular weight is 274 g/mol. The number of nitrogens with zero attached hydrogens (tertiary/aromatic N) is 1. The van der Waals surface area contributed by atoms with Crippen molar-refractivity contribution in [1.82, 2.24) is 4.90 Å². The monoisotopic (exact) mass is 274 g/mol. The number of piperidine rings is 1. The number of benzene rings is 1. The molecule has 0 unspecified atom stereocenters. The van der Waals surface area contributed by atoms with Crippen molar-refractivity contribution >= 4 is 11.6 Å².